The Kier molecular flexibility index (Phi) is 17.2. The zero-order valence-corrected chi connectivity index (χ0v) is 19.6. The molecule has 0 spiro atoms. The summed E-state index contributed by atoms with van der Waals surface area (Å²) in [5.41, 5.74) is 0.855. The van der Waals surface area contributed by atoms with Crippen molar-refractivity contribution in [2.24, 2.45) is 0 Å². The minimum absolute atomic E-state index is 0. The van der Waals surface area contributed by atoms with Crippen LogP contribution in [0, 0.1) is 0 Å². The number of aromatic hydroxyl groups is 1. The van der Waals surface area contributed by atoms with E-state index in [0.29, 0.717) is 0 Å². The number of carboxylic acid groups (broad SMARTS) is 1. The third-order valence-electron chi connectivity index (χ3n) is 5.10. The fourth-order valence-electron chi connectivity index (χ4n) is 3.43. The molecule has 0 unspecified atom stereocenters. The molecular formula is C23H37NaO3. The molecule has 0 bridgehead atoms. The normalized spacial score (nSPS) is 10.6. The molecule has 27 heavy (non-hydrogen) atoms. The van der Waals surface area contributed by atoms with Crippen molar-refractivity contribution in [3.8, 4) is 5.75 Å². The van der Waals surface area contributed by atoms with Gasteiger partial charge in [0.05, 0.1) is 5.97 Å². The van der Waals surface area contributed by atoms with Crippen molar-refractivity contribution in [3.63, 3.8) is 0 Å². The van der Waals surface area contributed by atoms with Crippen molar-refractivity contribution in [2.75, 3.05) is 0 Å². The average Bonchev–Trinajstić information content (AvgIpc) is 2.63. The zero-order chi connectivity index (χ0) is 19.0. The van der Waals surface area contributed by atoms with Crippen LogP contribution < -0.4 is 34.7 Å². The first-order chi connectivity index (χ1) is 12.6. The summed E-state index contributed by atoms with van der Waals surface area (Å²) >= 11 is 0. The smallest absolute Gasteiger partial charge is 0.545 e. The third-order valence-corrected chi connectivity index (χ3v) is 5.10. The SMILES string of the molecule is CCCCCCCCCCCCCCCCc1ccc(O)c(C(=O)[O-])c1.[Na+]. The van der Waals surface area contributed by atoms with E-state index in [2.05, 4.69) is 6.92 Å². The third kappa shape index (κ3) is 13.3. The van der Waals surface area contributed by atoms with Crippen LogP contribution in [-0.4, -0.2) is 11.1 Å². The van der Waals surface area contributed by atoms with E-state index in [1.165, 1.54) is 95.6 Å². The number of carbonyl (C=O) groups excluding carboxylic acids is 1. The van der Waals surface area contributed by atoms with E-state index in [1.54, 1.807) is 6.07 Å². The Morgan fingerprint density at radius 3 is 1.70 bits per heavy atom. The molecule has 0 aliphatic heterocycles. The van der Waals surface area contributed by atoms with E-state index < -0.39 is 5.97 Å². The van der Waals surface area contributed by atoms with Crippen LogP contribution >= 0.6 is 0 Å². The Balaban J connectivity index is 0.00000676. The van der Waals surface area contributed by atoms with Crippen LogP contribution in [0.25, 0.3) is 0 Å². The maximum absolute atomic E-state index is 10.9. The van der Waals surface area contributed by atoms with Gasteiger partial charge < -0.3 is 15.0 Å². The first-order valence-electron chi connectivity index (χ1n) is 10.7. The number of carbonyl (C=O) groups is 1. The summed E-state index contributed by atoms with van der Waals surface area (Å²) in [5, 5.41) is 20.4. The predicted molar refractivity (Wildman–Crippen MR) is 106 cm³/mol. The standard InChI is InChI=1S/C23H38O3.Na/c1-2-3-4-5-6-7-8-9-10-11-12-13-14-15-16-20-17-18-22(24)21(19-20)23(25)26;/h17-19,24H,2-16H2,1H3,(H,25,26);/q;+1/p-1. The van der Waals surface area contributed by atoms with Gasteiger partial charge in [-0.15, -0.1) is 0 Å². The second kappa shape index (κ2) is 17.6. The largest absolute Gasteiger partial charge is 1.00 e. The van der Waals surface area contributed by atoms with Crippen LogP contribution in [0.1, 0.15) is 113 Å². The van der Waals surface area contributed by atoms with Gasteiger partial charge in [0, 0.05) is 5.56 Å². The molecule has 1 N–H and O–H groups in total. The monoisotopic (exact) mass is 384 g/mol. The molecule has 4 heteroatoms. The maximum Gasteiger partial charge on any atom is 1.00 e. The molecule has 0 fully saturated rings. The molecule has 0 atom stereocenters. The minimum Gasteiger partial charge on any atom is -0.545 e. The second-order valence-electron chi connectivity index (χ2n) is 7.49. The van der Waals surface area contributed by atoms with Crippen molar-refractivity contribution in [3.05, 3.63) is 29.3 Å². The number of benzene rings is 1. The Bertz CT molecular complexity index is 502. The summed E-state index contributed by atoms with van der Waals surface area (Å²) in [6, 6.07) is 4.78. The Morgan fingerprint density at radius 2 is 1.26 bits per heavy atom. The molecular weight excluding hydrogens is 347 g/mol. The van der Waals surface area contributed by atoms with E-state index in [4.69, 9.17) is 0 Å². The molecule has 0 heterocycles. The van der Waals surface area contributed by atoms with Gasteiger partial charge in [0.15, 0.2) is 0 Å². The van der Waals surface area contributed by atoms with Crippen LogP contribution in [0.2, 0.25) is 0 Å². The van der Waals surface area contributed by atoms with Crippen molar-refractivity contribution < 1.29 is 44.6 Å². The van der Waals surface area contributed by atoms with Crippen LogP contribution in [0.5, 0.6) is 5.75 Å². The van der Waals surface area contributed by atoms with Gasteiger partial charge in [-0.25, -0.2) is 0 Å². The summed E-state index contributed by atoms with van der Waals surface area (Å²) in [4.78, 5) is 10.9. The molecule has 1 rings (SSSR count). The molecule has 0 amide bonds. The number of hydrogen-bond acceptors (Lipinski definition) is 3. The molecule has 0 saturated carbocycles. The summed E-state index contributed by atoms with van der Waals surface area (Å²) in [5.74, 6) is -1.53. The maximum atomic E-state index is 10.9. The number of aromatic carboxylic acids is 1. The molecule has 1 aromatic rings. The Hall–Kier alpha value is -0.510. The van der Waals surface area contributed by atoms with Gasteiger partial charge in [0.2, 0.25) is 0 Å². The van der Waals surface area contributed by atoms with E-state index in [9.17, 15) is 15.0 Å². The molecule has 1 aromatic carbocycles. The number of phenols is 1. The Morgan fingerprint density at radius 1 is 0.815 bits per heavy atom. The van der Waals surface area contributed by atoms with Crippen LogP contribution in [-0.2, 0) is 6.42 Å². The average molecular weight is 385 g/mol. The molecule has 0 aromatic heterocycles. The van der Waals surface area contributed by atoms with Crippen molar-refractivity contribution in [2.45, 2.75) is 103 Å². The molecule has 0 aliphatic carbocycles. The summed E-state index contributed by atoms with van der Waals surface area (Å²) in [7, 11) is 0. The van der Waals surface area contributed by atoms with Crippen molar-refractivity contribution in [1.82, 2.24) is 0 Å². The predicted octanol–water partition coefficient (Wildman–Crippen LogP) is 2.78. The first-order valence-corrected chi connectivity index (χ1v) is 10.7. The van der Waals surface area contributed by atoms with Crippen LogP contribution in [0.15, 0.2) is 18.2 Å². The number of hydrogen-bond donors (Lipinski definition) is 1. The van der Waals surface area contributed by atoms with Gasteiger partial charge in [0.1, 0.15) is 5.75 Å². The summed E-state index contributed by atoms with van der Waals surface area (Å²) in [6.45, 7) is 2.26. The van der Waals surface area contributed by atoms with Gasteiger partial charge in [-0.3, -0.25) is 0 Å². The van der Waals surface area contributed by atoms with Crippen molar-refractivity contribution in [1.29, 1.82) is 0 Å². The summed E-state index contributed by atoms with van der Waals surface area (Å²) in [6.07, 6.45) is 19.5. The van der Waals surface area contributed by atoms with Gasteiger partial charge in [0.25, 0.3) is 0 Å². The van der Waals surface area contributed by atoms with Crippen LogP contribution in [0.3, 0.4) is 0 Å². The van der Waals surface area contributed by atoms with E-state index in [1.807, 2.05) is 0 Å². The topological polar surface area (TPSA) is 60.4 Å². The van der Waals surface area contributed by atoms with Gasteiger partial charge in [-0.1, -0.05) is 96.5 Å². The second-order valence-corrected chi connectivity index (χ2v) is 7.49. The van der Waals surface area contributed by atoms with E-state index in [0.717, 1.165) is 18.4 Å². The molecule has 0 aliphatic rings. The van der Waals surface area contributed by atoms with Crippen molar-refractivity contribution >= 4 is 5.97 Å². The Labute approximate surface area is 188 Å². The van der Waals surface area contributed by atoms with E-state index >= 15 is 0 Å². The van der Waals surface area contributed by atoms with Gasteiger partial charge >= 0.3 is 29.6 Å². The number of aryl methyl sites for hydroxylation is 1. The number of carboxylic acids is 1. The van der Waals surface area contributed by atoms with E-state index in [-0.39, 0.29) is 40.9 Å². The molecule has 0 saturated heterocycles. The number of rotatable bonds is 16. The van der Waals surface area contributed by atoms with Crippen LogP contribution in [0.4, 0.5) is 0 Å². The zero-order valence-electron chi connectivity index (χ0n) is 17.6. The quantitative estimate of drug-likeness (QED) is 0.352. The minimum atomic E-state index is -1.31. The summed E-state index contributed by atoms with van der Waals surface area (Å²) < 4.78 is 0. The fraction of sp³-hybridized carbons (Fsp3) is 0.696. The fourth-order valence-corrected chi connectivity index (χ4v) is 3.43. The molecule has 3 nitrogen and oxygen atoms in total. The number of unbranched alkanes of at least 4 members (excludes halogenated alkanes) is 13. The molecule has 0 radical (unpaired) electrons. The van der Waals surface area contributed by atoms with Gasteiger partial charge in [-0.2, -0.15) is 0 Å². The first kappa shape index (κ1) is 26.5. The molecule has 148 valence electrons. The van der Waals surface area contributed by atoms with Gasteiger partial charge in [-0.05, 0) is 30.5 Å².